The number of benzene rings is 3. The second kappa shape index (κ2) is 12.7. The molecule has 50 heavy (non-hydrogen) atoms. The van der Waals surface area contributed by atoms with Crippen LogP contribution in [0.25, 0.3) is 0 Å². The molecule has 1 saturated heterocycles. The van der Waals surface area contributed by atoms with Gasteiger partial charge in [0, 0.05) is 60.6 Å². The SMILES string of the molecule is C[C@H]1[C@H]([Si](C)(C)O)[C@@H](CCn2cc(CCO)nn2)O[C@]12C(=O)N(Cc1ccc(N3C(=O)COc4ccccc43)cc1)c1ccc([N+](=O)[O-])cc12. The van der Waals surface area contributed by atoms with Crippen molar-refractivity contribution in [1.29, 1.82) is 0 Å². The summed E-state index contributed by atoms with van der Waals surface area (Å²) in [5, 5.41) is 29.5. The summed E-state index contributed by atoms with van der Waals surface area (Å²) in [5.41, 5.74) is 1.54. The standard InChI is InChI=1S/C35H38N6O8Si/c1-22-33(50(2,3)47)31(14-16-38-20-24(15-17-42)36-37-38)49-35(22)27-18-26(41(45)46)12-13-28(27)39(34(35)44)19-23-8-10-25(11-9-23)40-29-6-4-5-7-30(29)48-21-32(40)43/h4-13,18,20,22,31,33,42,47H,14-17,19,21H2,1-3H3/t22-,31+,33-,35+/m0/s1. The number of aliphatic hydroxyl groups is 1. The molecule has 3 aliphatic heterocycles. The number of fused-ring (bicyclic) bond motifs is 3. The summed E-state index contributed by atoms with van der Waals surface area (Å²) in [4.78, 5) is 54.0. The van der Waals surface area contributed by atoms with Crippen LogP contribution in [0.3, 0.4) is 0 Å². The van der Waals surface area contributed by atoms with Crippen molar-refractivity contribution >= 4 is 42.9 Å². The van der Waals surface area contributed by atoms with Gasteiger partial charge in [0.15, 0.2) is 20.5 Å². The van der Waals surface area contributed by atoms with Crippen LogP contribution in [0, 0.1) is 16.0 Å². The van der Waals surface area contributed by atoms with Gasteiger partial charge in [-0.1, -0.05) is 36.4 Å². The average molecular weight is 699 g/mol. The summed E-state index contributed by atoms with van der Waals surface area (Å²) in [6.45, 7) is 5.95. The lowest BCUT2D eigenvalue weighted by molar-refractivity contribution is -0.385. The molecular formula is C35H38N6O8Si. The Bertz CT molecular complexity index is 1960. The number of anilines is 3. The first-order valence-electron chi connectivity index (χ1n) is 16.6. The normalized spacial score (nSPS) is 22.9. The molecule has 4 aromatic rings. The zero-order chi connectivity index (χ0) is 35.4. The van der Waals surface area contributed by atoms with E-state index in [2.05, 4.69) is 10.3 Å². The number of hydrogen-bond acceptors (Lipinski definition) is 10. The molecule has 7 rings (SSSR count). The van der Waals surface area contributed by atoms with Crippen molar-refractivity contribution in [3.63, 3.8) is 0 Å². The van der Waals surface area contributed by atoms with Crippen LogP contribution in [0.15, 0.2) is 72.9 Å². The van der Waals surface area contributed by atoms with E-state index in [1.165, 1.54) is 12.1 Å². The van der Waals surface area contributed by atoms with Crippen LogP contribution in [0.5, 0.6) is 5.75 Å². The fraction of sp³-hybridized carbons (Fsp3) is 0.371. The third kappa shape index (κ3) is 5.65. The van der Waals surface area contributed by atoms with E-state index in [4.69, 9.17) is 9.47 Å². The van der Waals surface area contributed by atoms with E-state index in [0.717, 1.165) is 5.56 Å². The maximum Gasteiger partial charge on any atom is 0.269 e. The number of para-hydroxylation sites is 2. The molecule has 14 nitrogen and oxygen atoms in total. The highest BCUT2D eigenvalue weighted by Gasteiger charge is 2.66. The smallest absolute Gasteiger partial charge is 0.269 e. The molecule has 2 N–H and O–H groups in total. The maximum absolute atomic E-state index is 14.8. The van der Waals surface area contributed by atoms with Gasteiger partial charge in [-0.2, -0.15) is 0 Å². The molecule has 1 fully saturated rings. The van der Waals surface area contributed by atoms with E-state index < -0.39 is 30.9 Å². The third-order valence-corrected chi connectivity index (χ3v) is 12.5. The highest BCUT2D eigenvalue weighted by molar-refractivity contribution is 6.71. The molecule has 1 spiro atoms. The average Bonchev–Trinajstić information content (AvgIpc) is 3.74. The van der Waals surface area contributed by atoms with Crippen molar-refractivity contribution in [2.45, 2.75) is 63.2 Å². The Balaban J connectivity index is 1.21. The van der Waals surface area contributed by atoms with Crippen LogP contribution in [0.4, 0.5) is 22.7 Å². The molecule has 260 valence electrons. The van der Waals surface area contributed by atoms with Crippen molar-refractivity contribution in [1.82, 2.24) is 15.0 Å². The quantitative estimate of drug-likeness (QED) is 0.139. The minimum absolute atomic E-state index is 0.0484. The Labute approximate surface area is 289 Å². The molecule has 3 aliphatic rings. The number of nitro benzene ring substituents is 1. The summed E-state index contributed by atoms with van der Waals surface area (Å²) in [5.74, 6) is -0.449. The summed E-state index contributed by atoms with van der Waals surface area (Å²) < 4.78 is 14.1. The van der Waals surface area contributed by atoms with E-state index in [1.54, 1.807) is 26.7 Å². The molecule has 1 aromatic heterocycles. The first-order chi connectivity index (χ1) is 23.9. The van der Waals surface area contributed by atoms with Gasteiger partial charge in [-0.3, -0.25) is 29.3 Å². The molecule has 3 aromatic carbocycles. The number of ether oxygens (including phenoxy) is 2. The van der Waals surface area contributed by atoms with Crippen molar-refractivity contribution in [2.24, 2.45) is 5.92 Å². The minimum atomic E-state index is -2.97. The highest BCUT2D eigenvalue weighted by atomic mass is 28.4. The minimum Gasteiger partial charge on any atom is -0.482 e. The zero-order valence-electron chi connectivity index (χ0n) is 27.9. The van der Waals surface area contributed by atoms with Crippen LogP contribution >= 0.6 is 0 Å². The van der Waals surface area contributed by atoms with Gasteiger partial charge in [0.2, 0.25) is 0 Å². The second-order valence-corrected chi connectivity index (χ2v) is 17.6. The Morgan fingerprint density at radius 3 is 2.56 bits per heavy atom. The van der Waals surface area contributed by atoms with Crippen molar-refractivity contribution in [3.05, 3.63) is 99.9 Å². The predicted octanol–water partition coefficient (Wildman–Crippen LogP) is 4.21. The molecule has 0 saturated carbocycles. The van der Waals surface area contributed by atoms with Gasteiger partial charge in [0.1, 0.15) is 5.75 Å². The largest absolute Gasteiger partial charge is 0.482 e. The fourth-order valence-electron chi connectivity index (χ4n) is 7.86. The molecular weight excluding hydrogens is 661 g/mol. The first kappa shape index (κ1) is 33.5. The van der Waals surface area contributed by atoms with Gasteiger partial charge in [0.05, 0.1) is 34.6 Å². The number of rotatable bonds is 10. The predicted molar refractivity (Wildman–Crippen MR) is 184 cm³/mol. The fourth-order valence-corrected chi connectivity index (χ4v) is 10.5. The van der Waals surface area contributed by atoms with Crippen LogP contribution in [-0.4, -0.2) is 69.3 Å². The van der Waals surface area contributed by atoms with Crippen LogP contribution < -0.4 is 14.5 Å². The van der Waals surface area contributed by atoms with Crippen LogP contribution in [0.2, 0.25) is 18.6 Å². The van der Waals surface area contributed by atoms with Gasteiger partial charge in [-0.05, 0) is 55.4 Å². The topological polar surface area (TPSA) is 173 Å². The summed E-state index contributed by atoms with van der Waals surface area (Å²) >= 11 is 0. The molecule has 0 aliphatic carbocycles. The monoisotopic (exact) mass is 698 g/mol. The number of hydrogen-bond donors (Lipinski definition) is 2. The number of carbonyl (C=O) groups excluding carboxylic acids is 2. The number of amides is 2. The molecule has 2 amide bonds. The molecule has 0 unspecified atom stereocenters. The number of aryl methyl sites for hydroxylation is 1. The lowest BCUT2D eigenvalue weighted by Crippen LogP contribution is -2.46. The third-order valence-electron chi connectivity index (χ3n) is 10.0. The van der Waals surface area contributed by atoms with Gasteiger partial charge < -0.3 is 24.3 Å². The number of non-ortho nitro benzene ring substituents is 1. The van der Waals surface area contributed by atoms with Crippen LogP contribution in [-0.2, 0) is 39.4 Å². The Morgan fingerprint density at radius 2 is 1.84 bits per heavy atom. The first-order valence-corrected chi connectivity index (χ1v) is 19.6. The summed E-state index contributed by atoms with van der Waals surface area (Å²) in [6.07, 6.45) is 1.99. The van der Waals surface area contributed by atoms with Crippen LogP contribution in [0.1, 0.15) is 30.2 Å². The molecule has 15 heteroatoms. The van der Waals surface area contributed by atoms with Gasteiger partial charge in [0.25, 0.3) is 17.5 Å². The molecule has 0 bridgehead atoms. The maximum atomic E-state index is 14.8. The Morgan fingerprint density at radius 1 is 1.08 bits per heavy atom. The number of carbonyl (C=O) groups is 2. The van der Waals surface area contributed by atoms with E-state index in [-0.39, 0.29) is 42.8 Å². The van der Waals surface area contributed by atoms with Crippen molar-refractivity contribution in [3.8, 4) is 5.75 Å². The second-order valence-electron chi connectivity index (χ2n) is 13.6. The lowest BCUT2D eigenvalue weighted by atomic mass is 9.82. The number of aromatic nitrogens is 3. The lowest BCUT2D eigenvalue weighted by Gasteiger charge is -2.32. The van der Waals surface area contributed by atoms with E-state index in [0.29, 0.717) is 53.5 Å². The van der Waals surface area contributed by atoms with Crippen molar-refractivity contribution in [2.75, 3.05) is 23.0 Å². The summed E-state index contributed by atoms with van der Waals surface area (Å²) in [7, 11) is -2.97. The Kier molecular flexibility index (Phi) is 8.54. The number of nitrogens with zero attached hydrogens (tertiary/aromatic N) is 6. The van der Waals surface area contributed by atoms with Gasteiger partial charge in [-0.25, -0.2) is 0 Å². The van der Waals surface area contributed by atoms with Crippen molar-refractivity contribution < 1.29 is 33.9 Å². The van der Waals surface area contributed by atoms with E-state index in [1.807, 2.05) is 68.5 Å². The molecule has 0 radical (unpaired) electrons. The molecule has 4 heterocycles. The highest BCUT2D eigenvalue weighted by Crippen LogP contribution is 2.60. The number of nitro groups is 1. The van der Waals surface area contributed by atoms with Gasteiger partial charge >= 0.3 is 0 Å². The zero-order valence-corrected chi connectivity index (χ0v) is 28.9. The molecule has 4 atom stereocenters. The number of aliphatic hydroxyl groups excluding tert-OH is 1. The van der Waals surface area contributed by atoms with Gasteiger partial charge in [-0.15, -0.1) is 5.10 Å². The van der Waals surface area contributed by atoms with E-state index in [9.17, 15) is 29.6 Å². The van der Waals surface area contributed by atoms with E-state index >= 15 is 0 Å². The summed E-state index contributed by atoms with van der Waals surface area (Å²) in [6, 6.07) is 19.1. The Hall–Kier alpha value is -4.96.